The molecule has 32 heavy (non-hydrogen) atoms. The Bertz CT molecular complexity index is 981. The molecule has 2 heterocycles. The van der Waals surface area contributed by atoms with Gasteiger partial charge in [-0.3, -0.25) is 19.7 Å². The average molecular weight is 444 g/mol. The number of carbonyl (C=O) groups excluding carboxylic acids is 2. The van der Waals surface area contributed by atoms with Crippen LogP contribution < -0.4 is 10.2 Å². The summed E-state index contributed by atoms with van der Waals surface area (Å²) in [5.41, 5.74) is 0.552. The molecule has 0 unspecified atom stereocenters. The second-order valence-electron chi connectivity index (χ2n) is 8.01. The molecule has 0 atom stereocenters. The van der Waals surface area contributed by atoms with Gasteiger partial charge in [0.15, 0.2) is 5.82 Å². The largest absolute Gasteiger partial charge is 0.362 e. The first-order chi connectivity index (χ1) is 15.3. The summed E-state index contributed by atoms with van der Waals surface area (Å²) in [7, 11) is 0. The number of amides is 2. The Morgan fingerprint density at radius 3 is 2.56 bits per heavy atom. The van der Waals surface area contributed by atoms with Crippen molar-refractivity contribution in [2.75, 3.05) is 37.6 Å². The van der Waals surface area contributed by atoms with Crippen LogP contribution in [0, 0.1) is 10.1 Å². The maximum Gasteiger partial charge on any atom is 0.293 e. The monoisotopic (exact) mass is 444 g/mol. The van der Waals surface area contributed by atoms with E-state index in [0.717, 1.165) is 0 Å². The number of rotatable bonds is 8. The van der Waals surface area contributed by atoms with Crippen molar-refractivity contribution in [1.82, 2.24) is 20.4 Å². The summed E-state index contributed by atoms with van der Waals surface area (Å²) in [4.78, 5) is 43.0. The number of nitro benzene ring substituents is 1. The molecule has 3 rings (SSSR count). The van der Waals surface area contributed by atoms with E-state index in [9.17, 15) is 19.7 Å². The van der Waals surface area contributed by atoms with Crippen molar-refractivity contribution < 1.29 is 19.0 Å². The van der Waals surface area contributed by atoms with E-state index in [1.54, 1.807) is 17.0 Å². The molecule has 11 nitrogen and oxygen atoms in total. The Morgan fingerprint density at radius 2 is 1.97 bits per heavy atom. The molecule has 172 valence electrons. The first-order valence-corrected chi connectivity index (χ1v) is 10.7. The normalized spacial score (nSPS) is 14.0. The molecule has 11 heteroatoms. The van der Waals surface area contributed by atoms with Crippen molar-refractivity contribution in [3.8, 4) is 0 Å². The van der Waals surface area contributed by atoms with E-state index in [2.05, 4.69) is 15.5 Å². The number of nitrogens with one attached hydrogen (secondary N) is 1. The summed E-state index contributed by atoms with van der Waals surface area (Å²) in [6.45, 7) is 7.86. The molecule has 0 spiro atoms. The van der Waals surface area contributed by atoms with Gasteiger partial charge in [0.1, 0.15) is 5.69 Å². The lowest BCUT2D eigenvalue weighted by Crippen LogP contribution is -2.48. The zero-order valence-electron chi connectivity index (χ0n) is 18.5. The highest BCUT2D eigenvalue weighted by atomic mass is 16.6. The smallest absolute Gasteiger partial charge is 0.293 e. The lowest BCUT2D eigenvalue weighted by molar-refractivity contribution is -0.384. The third-order valence-electron chi connectivity index (χ3n) is 5.35. The van der Waals surface area contributed by atoms with Crippen molar-refractivity contribution in [3.05, 3.63) is 45.6 Å². The fourth-order valence-electron chi connectivity index (χ4n) is 3.49. The lowest BCUT2D eigenvalue weighted by atomic mass is 10.1. The summed E-state index contributed by atoms with van der Waals surface area (Å²) in [5.74, 6) is 0.969. The summed E-state index contributed by atoms with van der Waals surface area (Å²) >= 11 is 0. The first-order valence-electron chi connectivity index (χ1n) is 10.7. The molecule has 1 aliphatic heterocycles. The number of nitrogens with zero attached hydrogens (tertiary/aromatic N) is 5. The van der Waals surface area contributed by atoms with Crippen LogP contribution in [0.5, 0.6) is 0 Å². The van der Waals surface area contributed by atoms with Crippen molar-refractivity contribution in [1.29, 1.82) is 0 Å². The summed E-state index contributed by atoms with van der Waals surface area (Å²) in [6, 6.07) is 4.49. The van der Waals surface area contributed by atoms with Crippen molar-refractivity contribution in [2.24, 2.45) is 0 Å². The minimum atomic E-state index is -0.481. The van der Waals surface area contributed by atoms with Crippen molar-refractivity contribution in [2.45, 2.75) is 39.5 Å². The van der Waals surface area contributed by atoms with Crippen LogP contribution in [-0.2, 0) is 11.2 Å². The van der Waals surface area contributed by atoms with Crippen LogP contribution in [0.4, 0.5) is 11.4 Å². The molecule has 1 N–H and O–H groups in total. The van der Waals surface area contributed by atoms with Gasteiger partial charge in [0.25, 0.3) is 11.6 Å². The predicted octanol–water partition coefficient (Wildman–Crippen LogP) is 2.13. The third kappa shape index (κ3) is 5.59. The fourth-order valence-corrected chi connectivity index (χ4v) is 3.49. The lowest BCUT2D eigenvalue weighted by Gasteiger charge is -2.35. The summed E-state index contributed by atoms with van der Waals surface area (Å²) in [6.07, 6.45) is 1.14. The van der Waals surface area contributed by atoms with Crippen LogP contribution in [0.1, 0.15) is 55.2 Å². The molecule has 1 saturated heterocycles. The van der Waals surface area contributed by atoms with E-state index in [-0.39, 0.29) is 29.0 Å². The number of hydrogen-bond acceptors (Lipinski definition) is 8. The van der Waals surface area contributed by atoms with E-state index in [4.69, 9.17) is 4.52 Å². The van der Waals surface area contributed by atoms with E-state index in [1.165, 1.54) is 13.0 Å². The number of piperazine rings is 1. The Balaban J connectivity index is 1.57. The van der Waals surface area contributed by atoms with Crippen LogP contribution in [0.3, 0.4) is 0 Å². The number of carbonyl (C=O) groups is 2. The molecule has 1 aromatic carbocycles. The van der Waals surface area contributed by atoms with Gasteiger partial charge in [-0.15, -0.1) is 0 Å². The highest BCUT2D eigenvalue weighted by Gasteiger charge is 2.25. The Kier molecular flexibility index (Phi) is 7.39. The molecule has 2 amide bonds. The maximum atomic E-state index is 12.5. The number of nitro groups is 1. The van der Waals surface area contributed by atoms with Crippen molar-refractivity contribution >= 4 is 23.2 Å². The quantitative estimate of drug-likeness (QED) is 0.372. The number of aryl methyl sites for hydroxylation is 1. The SMILES string of the molecule is CC(=O)N1CCN(c2ccc(C(=O)NCCCc3nc(C(C)C)no3)cc2[N+](=O)[O-])CC1. The molecule has 0 saturated carbocycles. The minimum absolute atomic E-state index is 0.00868. The average Bonchev–Trinajstić information content (AvgIpc) is 3.25. The van der Waals surface area contributed by atoms with Gasteiger partial charge in [0.2, 0.25) is 11.8 Å². The molecule has 0 radical (unpaired) electrons. The highest BCUT2D eigenvalue weighted by Crippen LogP contribution is 2.30. The zero-order chi connectivity index (χ0) is 23.3. The van der Waals surface area contributed by atoms with Gasteiger partial charge < -0.3 is 19.6 Å². The number of anilines is 1. The van der Waals surface area contributed by atoms with Crippen LogP contribution in [0.2, 0.25) is 0 Å². The maximum absolute atomic E-state index is 12.5. The molecule has 0 bridgehead atoms. The topological polar surface area (TPSA) is 135 Å². The highest BCUT2D eigenvalue weighted by molar-refractivity contribution is 5.95. The fraction of sp³-hybridized carbons (Fsp3) is 0.524. The Morgan fingerprint density at radius 1 is 1.25 bits per heavy atom. The standard InChI is InChI=1S/C21H28N6O5/c1-14(2)20-23-19(32-24-20)5-4-8-22-21(29)16-6-7-17(18(13-16)27(30)31)26-11-9-25(10-12-26)15(3)28/h6-7,13-14H,4-5,8-12H2,1-3H3,(H,22,29). The van der Waals surface area contributed by atoms with Gasteiger partial charge in [0.05, 0.1) is 4.92 Å². The van der Waals surface area contributed by atoms with E-state index >= 15 is 0 Å². The molecule has 1 fully saturated rings. The van der Waals surface area contributed by atoms with Gasteiger partial charge in [-0.2, -0.15) is 4.98 Å². The second-order valence-corrected chi connectivity index (χ2v) is 8.01. The molecular formula is C21H28N6O5. The molecular weight excluding hydrogens is 416 g/mol. The molecule has 1 aromatic heterocycles. The molecule has 0 aliphatic carbocycles. The number of benzene rings is 1. The van der Waals surface area contributed by atoms with Crippen LogP contribution in [0.15, 0.2) is 22.7 Å². The van der Waals surface area contributed by atoms with Gasteiger partial charge in [0, 0.05) is 63.6 Å². The van der Waals surface area contributed by atoms with Gasteiger partial charge in [-0.05, 0) is 18.6 Å². The van der Waals surface area contributed by atoms with Crippen LogP contribution in [0.25, 0.3) is 0 Å². The molecule has 1 aliphatic rings. The third-order valence-corrected chi connectivity index (χ3v) is 5.35. The van der Waals surface area contributed by atoms with E-state index in [1.807, 2.05) is 18.7 Å². The van der Waals surface area contributed by atoms with Gasteiger partial charge in [-0.25, -0.2) is 0 Å². The summed E-state index contributed by atoms with van der Waals surface area (Å²) in [5, 5.41) is 18.3. The van der Waals surface area contributed by atoms with E-state index in [0.29, 0.717) is 63.0 Å². The Labute approximate surface area is 185 Å². The van der Waals surface area contributed by atoms with Gasteiger partial charge in [-0.1, -0.05) is 19.0 Å². The van der Waals surface area contributed by atoms with Gasteiger partial charge >= 0.3 is 0 Å². The first kappa shape index (κ1) is 23.2. The van der Waals surface area contributed by atoms with Crippen molar-refractivity contribution in [3.63, 3.8) is 0 Å². The second kappa shape index (κ2) is 10.2. The minimum Gasteiger partial charge on any atom is -0.362 e. The number of hydrogen-bond donors (Lipinski definition) is 1. The Hall–Kier alpha value is -3.50. The van der Waals surface area contributed by atoms with Crippen LogP contribution in [-0.4, -0.2) is 64.5 Å². The molecule has 2 aromatic rings. The van der Waals surface area contributed by atoms with E-state index < -0.39 is 4.92 Å². The predicted molar refractivity (Wildman–Crippen MR) is 117 cm³/mol. The zero-order valence-corrected chi connectivity index (χ0v) is 18.5. The summed E-state index contributed by atoms with van der Waals surface area (Å²) < 4.78 is 5.18. The number of aromatic nitrogens is 2. The van der Waals surface area contributed by atoms with Crippen LogP contribution >= 0.6 is 0 Å².